The van der Waals surface area contributed by atoms with Gasteiger partial charge in [-0.1, -0.05) is 215 Å². The second-order valence-electron chi connectivity index (χ2n) is 17.3. The zero-order valence-corrected chi connectivity index (χ0v) is 38.2. The molecule has 0 N–H and O–H groups in total. The average Bonchev–Trinajstić information content (AvgIpc) is 3.29. The van der Waals surface area contributed by atoms with Crippen LogP contribution in [0.2, 0.25) is 0 Å². The van der Waals surface area contributed by atoms with Crippen molar-refractivity contribution in [2.24, 2.45) is 0 Å². The maximum absolute atomic E-state index is 8.96. The zero-order valence-electron chi connectivity index (χ0n) is 36.4. The summed E-state index contributed by atoms with van der Waals surface area (Å²) < 4.78 is 0. The third kappa shape index (κ3) is 8.52. The largest absolute Gasteiger partial charge is 0.248 e. The Labute approximate surface area is 373 Å². The molecular formula is C60H51ClSi. The summed E-state index contributed by atoms with van der Waals surface area (Å²) in [4.78, 5) is 0. The lowest BCUT2D eigenvalue weighted by atomic mass is 9.97. The lowest BCUT2D eigenvalue weighted by Gasteiger charge is -2.30. The van der Waals surface area contributed by atoms with Crippen molar-refractivity contribution in [3.05, 3.63) is 234 Å². The Bertz CT molecular complexity index is 2490. The molecule has 0 aliphatic carbocycles. The number of halogens is 1. The van der Waals surface area contributed by atoms with Gasteiger partial charge in [0.1, 0.15) is 0 Å². The van der Waals surface area contributed by atoms with E-state index < -0.39 is 7.38 Å². The molecule has 0 bridgehead atoms. The molecule has 0 fully saturated rings. The van der Waals surface area contributed by atoms with Crippen LogP contribution in [0.15, 0.2) is 200 Å². The van der Waals surface area contributed by atoms with Crippen LogP contribution in [0, 0.1) is 41.5 Å². The van der Waals surface area contributed by atoms with Crippen LogP contribution in [0.5, 0.6) is 0 Å². The minimum atomic E-state index is -3.46. The van der Waals surface area contributed by atoms with Gasteiger partial charge in [-0.3, -0.25) is 0 Å². The third-order valence-electron chi connectivity index (χ3n) is 12.3. The zero-order chi connectivity index (χ0) is 43.0. The molecule has 0 radical (unpaired) electrons. The van der Waals surface area contributed by atoms with Crippen molar-refractivity contribution in [2.75, 3.05) is 0 Å². The molecule has 9 aromatic carbocycles. The maximum atomic E-state index is 8.96. The molecule has 9 rings (SSSR count). The van der Waals surface area contributed by atoms with E-state index in [1.807, 2.05) is 0 Å². The highest BCUT2D eigenvalue weighted by molar-refractivity contribution is 7.40. The van der Waals surface area contributed by atoms with E-state index in [0.717, 1.165) is 48.9 Å². The van der Waals surface area contributed by atoms with Crippen LogP contribution in [-0.2, 0) is 0 Å². The predicted molar refractivity (Wildman–Crippen MR) is 271 cm³/mol. The summed E-state index contributed by atoms with van der Waals surface area (Å²) >= 11 is 8.96. The normalized spacial score (nSPS) is 11.5. The lowest BCUT2D eigenvalue weighted by Crippen LogP contribution is -2.63. The minimum Gasteiger partial charge on any atom is -0.149 e. The van der Waals surface area contributed by atoms with Gasteiger partial charge in [0.25, 0.3) is 0 Å². The molecule has 0 heterocycles. The van der Waals surface area contributed by atoms with Gasteiger partial charge in [-0.2, -0.15) is 0 Å². The molecule has 62 heavy (non-hydrogen) atoms. The van der Waals surface area contributed by atoms with E-state index in [1.165, 1.54) is 66.8 Å². The standard InChI is InChI=1S/C60H51ClSi/c1-40-7-19-46(20-8-40)52-31-53(47-21-9-41(2)10-22-47)35-58(34-52)62(61,59-36-54(48-23-11-42(3)12-24-48)32-55(37-59)49-25-13-43(4)14-26-49)60-38-56(50-27-15-44(5)16-28-50)33-57(39-60)51-29-17-45(6)18-30-51/h7-39H,1-6H3. The number of hydrogen-bond donors (Lipinski definition) is 0. The number of benzene rings is 9. The molecule has 2 heteroatoms. The van der Waals surface area contributed by atoms with Crippen LogP contribution in [0.25, 0.3) is 66.8 Å². The van der Waals surface area contributed by atoms with Crippen molar-refractivity contribution < 1.29 is 0 Å². The summed E-state index contributed by atoms with van der Waals surface area (Å²) in [6.45, 7) is 12.9. The smallest absolute Gasteiger partial charge is 0.149 e. The van der Waals surface area contributed by atoms with Gasteiger partial charge in [0.15, 0.2) is 0 Å². The van der Waals surface area contributed by atoms with Crippen LogP contribution < -0.4 is 15.6 Å². The highest BCUT2D eigenvalue weighted by Crippen LogP contribution is 2.34. The Hall–Kier alpha value is -6.51. The van der Waals surface area contributed by atoms with Crippen molar-refractivity contribution in [2.45, 2.75) is 41.5 Å². The van der Waals surface area contributed by atoms with Gasteiger partial charge >= 0.3 is 0 Å². The van der Waals surface area contributed by atoms with Crippen molar-refractivity contribution >= 4 is 34.0 Å². The van der Waals surface area contributed by atoms with E-state index in [2.05, 4.69) is 242 Å². The monoisotopic (exact) mass is 834 g/mol. The molecule has 0 aliphatic rings. The molecule has 0 spiro atoms. The Balaban J connectivity index is 1.40. The Kier molecular flexibility index (Phi) is 11.3. The highest BCUT2D eigenvalue weighted by Gasteiger charge is 2.40. The van der Waals surface area contributed by atoms with E-state index in [1.54, 1.807) is 0 Å². The summed E-state index contributed by atoms with van der Waals surface area (Å²) in [5.74, 6) is 0. The van der Waals surface area contributed by atoms with E-state index in [-0.39, 0.29) is 0 Å². The van der Waals surface area contributed by atoms with Crippen molar-refractivity contribution in [1.29, 1.82) is 0 Å². The first kappa shape index (κ1) is 40.9. The lowest BCUT2D eigenvalue weighted by molar-refractivity contribution is 1.46. The summed E-state index contributed by atoms with van der Waals surface area (Å²) in [7, 11) is -3.46. The SMILES string of the molecule is Cc1ccc(-c2cc(-c3ccc(C)cc3)cc([Si](Cl)(c3cc(-c4ccc(C)cc4)cc(-c4ccc(C)cc4)c3)c3cc(-c4ccc(C)cc4)cc(-c4ccc(C)cc4)c3)c2)cc1. The Morgan fingerprint density at radius 1 is 0.210 bits per heavy atom. The first-order valence-corrected chi connectivity index (χ1v) is 24.6. The number of rotatable bonds is 9. The molecule has 0 unspecified atom stereocenters. The molecular weight excluding hydrogens is 784 g/mol. The van der Waals surface area contributed by atoms with E-state index in [0.29, 0.717) is 0 Å². The van der Waals surface area contributed by atoms with Crippen LogP contribution in [0.1, 0.15) is 33.4 Å². The van der Waals surface area contributed by atoms with Gasteiger partial charge in [-0.25, -0.2) is 0 Å². The van der Waals surface area contributed by atoms with Gasteiger partial charge in [0, 0.05) is 0 Å². The maximum Gasteiger partial charge on any atom is 0.248 e. The van der Waals surface area contributed by atoms with Gasteiger partial charge in [-0.05, 0) is 142 Å². The van der Waals surface area contributed by atoms with Gasteiger partial charge in [-0.15, -0.1) is 11.1 Å². The van der Waals surface area contributed by atoms with Crippen LogP contribution >= 0.6 is 11.1 Å². The second-order valence-corrected chi connectivity index (χ2v) is 22.0. The van der Waals surface area contributed by atoms with E-state index in [9.17, 15) is 0 Å². The molecule has 0 saturated heterocycles. The molecule has 9 aromatic rings. The third-order valence-corrected chi connectivity index (χ3v) is 17.5. The molecule has 0 nitrogen and oxygen atoms in total. The summed E-state index contributed by atoms with van der Waals surface area (Å²) in [5.41, 5.74) is 21.3. The van der Waals surface area contributed by atoms with E-state index in [4.69, 9.17) is 11.1 Å². The van der Waals surface area contributed by atoms with Gasteiger partial charge in [0.05, 0.1) is 0 Å². The van der Waals surface area contributed by atoms with Gasteiger partial charge < -0.3 is 0 Å². The van der Waals surface area contributed by atoms with E-state index >= 15 is 0 Å². The van der Waals surface area contributed by atoms with Crippen LogP contribution in [-0.4, -0.2) is 7.38 Å². The quantitative estimate of drug-likeness (QED) is 0.0772. The fraction of sp³-hybridized carbons (Fsp3) is 0.100. The van der Waals surface area contributed by atoms with Crippen LogP contribution in [0.3, 0.4) is 0 Å². The van der Waals surface area contributed by atoms with Crippen molar-refractivity contribution in [3.8, 4) is 66.8 Å². The summed E-state index contributed by atoms with van der Waals surface area (Å²) in [6.07, 6.45) is 0. The highest BCUT2D eigenvalue weighted by atomic mass is 35.6. The number of hydrogen-bond acceptors (Lipinski definition) is 0. The minimum absolute atomic E-state index is 1.14. The topological polar surface area (TPSA) is 0 Å². The van der Waals surface area contributed by atoms with Gasteiger partial charge in [0.2, 0.25) is 7.38 Å². The Morgan fingerprint density at radius 2 is 0.355 bits per heavy atom. The molecule has 0 saturated carbocycles. The molecule has 302 valence electrons. The molecule has 0 amide bonds. The molecule has 0 aromatic heterocycles. The average molecular weight is 836 g/mol. The van der Waals surface area contributed by atoms with Crippen molar-refractivity contribution in [3.63, 3.8) is 0 Å². The summed E-state index contributed by atoms with van der Waals surface area (Å²) in [6, 6.07) is 74.7. The number of aryl methyl sites for hydroxylation is 6. The van der Waals surface area contributed by atoms with Crippen LogP contribution in [0.4, 0.5) is 0 Å². The molecule has 0 aliphatic heterocycles. The second kappa shape index (κ2) is 17.1. The summed E-state index contributed by atoms with van der Waals surface area (Å²) in [5, 5.41) is 3.42. The fourth-order valence-corrected chi connectivity index (χ4v) is 12.6. The first-order chi connectivity index (χ1) is 30.0. The predicted octanol–water partition coefficient (Wildman–Crippen LogP) is 14.7. The fourth-order valence-electron chi connectivity index (χ4n) is 8.46. The Morgan fingerprint density at radius 3 is 0.500 bits per heavy atom. The first-order valence-electron chi connectivity index (χ1n) is 21.6. The van der Waals surface area contributed by atoms with Crippen molar-refractivity contribution in [1.82, 2.24) is 0 Å². The molecule has 0 atom stereocenters.